The molecule has 2 aromatic carbocycles. The molecule has 0 bridgehead atoms. The summed E-state index contributed by atoms with van der Waals surface area (Å²) in [6, 6.07) is 12.5. The van der Waals surface area contributed by atoms with Gasteiger partial charge in [-0.15, -0.1) is 0 Å². The summed E-state index contributed by atoms with van der Waals surface area (Å²) in [7, 11) is -4.21. The first-order valence-electron chi connectivity index (χ1n) is 9.98. The van der Waals surface area contributed by atoms with Crippen LogP contribution < -0.4 is 10.0 Å². The van der Waals surface area contributed by atoms with Gasteiger partial charge in [-0.3, -0.25) is 19.6 Å². The molecule has 0 unspecified atom stereocenters. The zero-order valence-corrected chi connectivity index (χ0v) is 18.6. The van der Waals surface area contributed by atoms with E-state index in [4.69, 9.17) is 11.6 Å². The molecule has 166 valence electrons. The molecule has 1 saturated carbocycles. The zero-order chi connectivity index (χ0) is 22.6. The maximum atomic E-state index is 13.4. The summed E-state index contributed by atoms with van der Waals surface area (Å²) in [6.07, 6.45) is 2.37. The average molecular weight is 466 g/mol. The van der Waals surface area contributed by atoms with Crippen LogP contribution in [0.5, 0.6) is 0 Å². The molecule has 2 aromatic rings. The quantitative estimate of drug-likeness (QED) is 0.458. The summed E-state index contributed by atoms with van der Waals surface area (Å²) < 4.78 is 27.6. The van der Waals surface area contributed by atoms with Gasteiger partial charge < -0.3 is 5.32 Å². The predicted molar refractivity (Wildman–Crippen MR) is 119 cm³/mol. The van der Waals surface area contributed by atoms with Crippen molar-refractivity contribution >= 4 is 38.9 Å². The molecule has 0 aliphatic heterocycles. The number of amides is 1. The number of carbonyl (C=O) groups is 1. The number of rotatable bonds is 7. The molecule has 3 rings (SSSR count). The minimum Gasteiger partial charge on any atom is -0.348 e. The molecule has 1 atom stereocenters. The Kier molecular flexibility index (Phi) is 6.86. The van der Waals surface area contributed by atoms with Crippen molar-refractivity contribution in [3.05, 3.63) is 69.2 Å². The van der Waals surface area contributed by atoms with Crippen molar-refractivity contribution in [3.63, 3.8) is 0 Å². The van der Waals surface area contributed by atoms with Crippen molar-refractivity contribution in [1.29, 1.82) is 0 Å². The Bertz CT molecular complexity index is 1070. The maximum Gasteiger partial charge on any atom is 0.289 e. The number of nitrogens with zero attached hydrogens (tertiary/aromatic N) is 1. The Balaban J connectivity index is 1.90. The van der Waals surface area contributed by atoms with Crippen LogP contribution in [0.2, 0.25) is 5.02 Å². The Morgan fingerprint density at radius 3 is 2.39 bits per heavy atom. The van der Waals surface area contributed by atoms with Crippen LogP contribution in [-0.2, 0) is 14.8 Å². The van der Waals surface area contributed by atoms with Gasteiger partial charge in [0.2, 0.25) is 15.9 Å². The van der Waals surface area contributed by atoms with E-state index in [9.17, 15) is 23.3 Å². The average Bonchev–Trinajstić information content (AvgIpc) is 2.75. The number of anilines is 1. The van der Waals surface area contributed by atoms with Crippen LogP contribution in [-0.4, -0.2) is 24.0 Å². The predicted octanol–water partition coefficient (Wildman–Crippen LogP) is 4.57. The van der Waals surface area contributed by atoms with Gasteiger partial charge in [-0.05, 0) is 37.5 Å². The van der Waals surface area contributed by atoms with Crippen molar-refractivity contribution in [1.82, 2.24) is 5.32 Å². The van der Waals surface area contributed by atoms with Crippen molar-refractivity contribution in [3.8, 4) is 0 Å². The van der Waals surface area contributed by atoms with Gasteiger partial charge in [0.25, 0.3) is 5.69 Å². The lowest BCUT2D eigenvalue weighted by atomic mass is 9.87. The van der Waals surface area contributed by atoms with E-state index in [0.29, 0.717) is 12.8 Å². The van der Waals surface area contributed by atoms with Crippen LogP contribution in [0.1, 0.15) is 50.6 Å². The molecule has 1 amide bonds. The van der Waals surface area contributed by atoms with Crippen LogP contribution >= 0.6 is 11.6 Å². The van der Waals surface area contributed by atoms with Crippen molar-refractivity contribution in [2.24, 2.45) is 0 Å². The molecule has 0 aromatic heterocycles. The van der Waals surface area contributed by atoms with Crippen LogP contribution in [0.3, 0.4) is 0 Å². The molecule has 10 heteroatoms. The van der Waals surface area contributed by atoms with E-state index in [1.54, 1.807) is 6.92 Å². The minimum atomic E-state index is -4.21. The monoisotopic (exact) mass is 465 g/mol. The Hall–Kier alpha value is -2.65. The van der Waals surface area contributed by atoms with E-state index < -0.39 is 31.3 Å². The molecule has 1 aliphatic rings. The number of halogens is 1. The minimum absolute atomic E-state index is 0.00930. The number of sulfonamides is 1. The van der Waals surface area contributed by atoms with Gasteiger partial charge in [0.1, 0.15) is 5.02 Å². The van der Waals surface area contributed by atoms with Crippen LogP contribution in [0.15, 0.2) is 48.5 Å². The lowest BCUT2D eigenvalue weighted by Gasteiger charge is -2.36. The van der Waals surface area contributed by atoms with E-state index >= 15 is 0 Å². The highest BCUT2D eigenvalue weighted by molar-refractivity contribution is 7.94. The number of nitro benzene ring substituents is 1. The third-order valence-corrected chi connectivity index (χ3v) is 8.08. The van der Waals surface area contributed by atoms with Crippen molar-refractivity contribution in [2.45, 2.75) is 49.8 Å². The summed E-state index contributed by atoms with van der Waals surface area (Å²) in [5, 5.41) is 13.9. The zero-order valence-electron chi connectivity index (χ0n) is 17.0. The molecule has 0 radical (unpaired) electrons. The van der Waals surface area contributed by atoms with Gasteiger partial charge in [-0.2, -0.15) is 0 Å². The lowest BCUT2D eigenvalue weighted by molar-refractivity contribution is -0.384. The highest BCUT2D eigenvalue weighted by Gasteiger charge is 2.51. The first-order chi connectivity index (χ1) is 14.7. The number of hydrogen-bond acceptors (Lipinski definition) is 5. The third-order valence-electron chi connectivity index (χ3n) is 5.63. The molecule has 31 heavy (non-hydrogen) atoms. The summed E-state index contributed by atoms with van der Waals surface area (Å²) in [6.45, 7) is 1.80. The molecule has 8 nitrogen and oxygen atoms in total. The highest BCUT2D eigenvalue weighted by atomic mass is 35.5. The van der Waals surface area contributed by atoms with Crippen LogP contribution in [0.4, 0.5) is 11.4 Å². The molecule has 0 heterocycles. The van der Waals surface area contributed by atoms with Gasteiger partial charge in [0, 0.05) is 6.07 Å². The Morgan fingerprint density at radius 1 is 1.13 bits per heavy atom. The van der Waals surface area contributed by atoms with Gasteiger partial charge in [-0.1, -0.05) is 61.2 Å². The number of hydrogen-bond donors (Lipinski definition) is 2. The van der Waals surface area contributed by atoms with E-state index in [2.05, 4.69) is 10.0 Å². The summed E-state index contributed by atoms with van der Waals surface area (Å²) in [5.74, 6) is -0.570. The molecule has 0 spiro atoms. The molecule has 0 saturated heterocycles. The normalized spacial score (nSPS) is 16.8. The van der Waals surface area contributed by atoms with Crippen LogP contribution in [0.25, 0.3) is 0 Å². The largest absolute Gasteiger partial charge is 0.348 e. The number of carbonyl (C=O) groups excluding carboxylic acids is 1. The van der Waals surface area contributed by atoms with Gasteiger partial charge in [0.05, 0.1) is 16.7 Å². The fourth-order valence-corrected chi connectivity index (χ4v) is 5.81. The second-order valence-corrected chi connectivity index (χ2v) is 10.1. The third kappa shape index (κ3) is 4.83. The fraction of sp³-hybridized carbons (Fsp3) is 0.381. The van der Waals surface area contributed by atoms with Crippen molar-refractivity contribution < 1.29 is 18.1 Å². The summed E-state index contributed by atoms with van der Waals surface area (Å²) in [4.78, 5) is 23.8. The van der Waals surface area contributed by atoms with E-state index in [1.165, 1.54) is 12.1 Å². The number of nitro groups is 1. The Morgan fingerprint density at radius 2 is 1.77 bits per heavy atom. The summed E-state index contributed by atoms with van der Waals surface area (Å²) >= 11 is 5.82. The first kappa shape index (κ1) is 23.0. The SMILES string of the molecule is C[C@@H](NC(=O)C1(S(=O)(=O)Nc2ccc(Cl)c([N+](=O)[O-])c2)CCCCC1)c1ccccc1. The van der Waals surface area contributed by atoms with E-state index in [1.807, 2.05) is 30.3 Å². The maximum absolute atomic E-state index is 13.4. The van der Waals surface area contributed by atoms with Crippen LogP contribution in [0, 0.1) is 10.1 Å². The van der Waals surface area contributed by atoms with Gasteiger partial charge >= 0.3 is 0 Å². The summed E-state index contributed by atoms with van der Waals surface area (Å²) in [5.41, 5.74) is 0.437. The highest BCUT2D eigenvalue weighted by Crippen LogP contribution is 2.38. The second-order valence-electron chi connectivity index (χ2n) is 7.69. The van der Waals surface area contributed by atoms with E-state index in [-0.39, 0.29) is 29.6 Å². The second kappa shape index (κ2) is 9.23. The standard InChI is InChI=1S/C21H24ClN3O5S/c1-15(16-8-4-2-5-9-16)23-20(26)21(12-6-3-7-13-21)31(29,30)24-17-10-11-18(22)19(14-17)25(27)28/h2,4-5,8-11,14-15,24H,3,6-7,12-13H2,1H3,(H,23,26)/t15-/m1/s1. The van der Waals surface area contributed by atoms with Gasteiger partial charge in [0.15, 0.2) is 4.75 Å². The molecule has 1 aliphatic carbocycles. The lowest BCUT2D eigenvalue weighted by Crippen LogP contribution is -2.55. The molecular formula is C21H24ClN3O5S. The van der Waals surface area contributed by atoms with E-state index in [0.717, 1.165) is 18.1 Å². The molecule has 2 N–H and O–H groups in total. The van der Waals surface area contributed by atoms with Gasteiger partial charge in [-0.25, -0.2) is 8.42 Å². The smallest absolute Gasteiger partial charge is 0.289 e. The number of nitrogens with one attached hydrogen (secondary N) is 2. The first-order valence-corrected chi connectivity index (χ1v) is 11.8. The van der Waals surface area contributed by atoms with Crippen molar-refractivity contribution in [2.75, 3.05) is 4.72 Å². The molecule has 1 fully saturated rings. The topological polar surface area (TPSA) is 118 Å². The fourth-order valence-electron chi connectivity index (χ4n) is 3.86. The molecular weight excluding hydrogens is 442 g/mol. The Labute approximate surface area is 186 Å². The number of benzene rings is 2.